The predicted octanol–water partition coefficient (Wildman–Crippen LogP) is 17.3. The van der Waals surface area contributed by atoms with Crippen molar-refractivity contribution in [1.29, 1.82) is 5.26 Å². The molecule has 23 rings (SSSR count). The van der Waals surface area contributed by atoms with Crippen molar-refractivity contribution < 1.29 is 45.3 Å². The molecule has 6 saturated heterocycles. The van der Waals surface area contributed by atoms with Gasteiger partial charge in [0.2, 0.25) is 17.5 Å². The van der Waals surface area contributed by atoms with Crippen LogP contribution in [0.5, 0.6) is 5.75 Å². The number of pyridine rings is 8. The molecule has 6 aliphatic heterocycles. The number of anilines is 6. The third kappa shape index (κ3) is 17.4. The molecule has 2 amide bonds. The number of aryl methyl sites for hydroxylation is 1. The number of halogens is 8. The molecule has 6 atom stereocenters. The highest BCUT2D eigenvalue weighted by atomic mass is 79.9. The van der Waals surface area contributed by atoms with E-state index in [0.29, 0.717) is 80.0 Å². The van der Waals surface area contributed by atoms with Gasteiger partial charge in [-0.05, 0) is 231 Å². The normalized spacial score (nSPS) is 24.5. The number of alkyl halides is 3. The van der Waals surface area contributed by atoms with E-state index in [2.05, 4.69) is 142 Å². The summed E-state index contributed by atoms with van der Waals surface area (Å²) in [6, 6.07) is 30.1. The maximum absolute atomic E-state index is 13.7. The Hall–Kier alpha value is -11.3. The van der Waals surface area contributed by atoms with Gasteiger partial charge < -0.3 is 46.1 Å². The van der Waals surface area contributed by atoms with Crippen molar-refractivity contribution in [2.24, 2.45) is 51.8 Å². The molecule has 12 bridgehead atoms. The minimum absolute atomic E-state index is 0. The first-order chi connectivity index (χ1) is 59.0. The van der Waals surface area contributed by atoms with E-state index in [1.807, 2.05) is 62.4 Å². The molecule has 7 N–H and O–H groups in total. The Kier molecular flexibility index (Phi) is 25.0. The number of nitrogens with two attached hydrogens (primary N) is 2. The molecule has 6 aliphatic carbocycles. The van der Waals surface area contributed by atoms with E-state index >= 15 is 0 Å². The van der Waals surface area contributed by atoms with E-state index in [9.17, 15) is 46.3 Å². The Labute approximate surface area is 743 Å². The number of nitrogen functional groups attached to an aromatic ring is 1. The van der Waals surface area contributed by atoms with Crippen molar-refractivity contribution in [2.75, 3.05) is 38.1 Å². The Morgan fingerprint density at radius 3 is 1.52 bits per heavy atom. The number of hydrogen-bond acceptors (Lipinski definition) is 22. The average Bonchev–Trinajstić information content (AvgIpc) is 1.01. The number of aliphatic carboxylic acids is 1. The highest BCUT2D eigenvalue weighted by molar-refractivity contribution is 9.10. The average molecular weight is 1890 g/mol. The Morgan fingerprint density at radius 1 is 0.629 bits per heavy atom. The Bertz CT molecular complexity index is 6100. The quantitative estimate of drug-likeness (QED) is 0.0292. The fourth-order valence-electron chi connectivity index (χ4n) is 20.4. The molecule has 11 aromatic rings. The predicted molar refractivity (Wildman–Crippen MR) is 474 cm³/mol. The number of allylic oxidation sites excluding steroid dienone is 1. The van der Waals surface area contributed by atoms with Crippen LogP contribution in [-0.2, 0) is 31.5 Å². The Morgan fingerprint density at radius 2 is 1.10 bits per heavy atom. The van der Waals surface area contributed by atoms with E-state index < -0.39 is 38.2 Å². The minimum atomic E-state index is -5.93. The third-order valence-corrected chi connectivity index (χ3v) is 27.8. The van der Waals surface area contributed by atoms with Crippen molar-refractivity contribution in [3.05, 3.63) is 212 Å². The maximum Gasteiger partial charge on any atom is 0.534 e. The fourth-order valence-corrected chi connectivity index (χ4v) is 21.8. The number of rotatable bonds is 14. The summed E-state index contributed by atoms with van der Waals surface area (Å²) < 4.78 is 71.3. The lowest BCUT2D eigenvalue weighted by Gasteiger charge is -2.61. The largest absolute Gasteiger partial charge is 0.534 e. The van der Waals surface area contributed by atoms with Gasteiger partial charge in [0.15, 0.2) is 17.4 Å². The summed E-state index contributed by atoms with van der Waals surface area (Å²) in [4.78, 5) is 79.1. The number of carboxylic acids is 1. The number of carbonyl (C=O) groups is 3. The zero-order valence-electron chi connectivity index (χ0n) is 66.0. The van der Waals surface area contributed by atoms with Crippen molar-refractivity contribution in [1.82, 2.24) is 58.9 Å². The number of aliphatic imine (C=N–C) groups is 1. The second-order valence-electron chi connectivity index (χ2n) is 32.7. The molecule has 29 nitrogen and oxygen atoms in total. The molecule has 11 aromatic heterocycles. The van der Waals surface area contributed by atoms with Crippen LogP contribution in [0.3, 0.4) is 0 Å². The number of carbonyl (C=O) groups excluding carboxylic acids is 2. The smallest absolute Gasteiger partial charge is 0.481 e. The summed E-state index contributed by atoms with van der Waals surface area (Å²) >= 11 is 24.9. The van der Waals surface area contributed by atoms with E-state index in [4.69, 9.17) is 57.8 Å². The van der Waals surface area contributed by atoms with Crippen molar-refractivity contribution >= 4 is 158 Å². The van der Waals surface area contributed by atoms with Gasteiger partial charge in [-0.25, -0.2) is 43.8 Å². The molecule has 642 valence electrons. The van der Waals surface area contributed by atoms with Gasteiger partial charge in [-0.3, -0.25) is 24.1 Å². The number of amides is 2. The Balaban J connectivity index is 0.000000128. The zero-order chi connectivity index (χ0) is 86.6. The van der Waals surface area contributed by atoms with E-state index in [1.165, 1.54) is 19.5 Å². The van der Waals surface area contributed by atoms with Gasteiger partial charge >= 0.3 is 21.6 Å². The molecule has 0 spiro atoms. The molecule has 0 radical (unpaired) electrons. The molecular formula is C86H84Br2Cl3F3N22O7S. The molecular weight excluding hydrogens is 1810 g/mol. The zero-order valence-corrected chi connectivity index (χ0v) is 72.3. The highest BCUT2D eigenvalue weighted by Crippen LogP contribution is 2.61. The molecule has 38 heteroatoms. The molecule has 17 heterocycles. The molecule has 12 fully saturated rings. The second-order valence-corrected chi connectivity index (χ2v) is 37.3. The molecule has 6 unspecified atom stereocenters. The van der Waals surface area contributed by atoms with Crippen LogP contribution in [0.2, 0.25) is 15.1 Å². The van der Waals surface area contributed by atoms with Crippen LogP contribution in [0.25, 0.3) is 43.7 Å². The number of fused-ring (bicyclic) bond motifs is 2. The first-order valence-corrected chi connectivity index (χ1v) is 43.7. The molecule has 6 saturated carbocycles. The van der Waals surface area contributed by atoms with Crippen LogP contribution in [0.15, 0.2) is 179 Å². The number of aromatic nitrogens is 12. The van der Waals surface area contributed by atoms with Crippen LogP contribution >= 0.6 is 66.7 Å². The summed E-state index contributed by atoms with van der Waals surface area (Å²) in [5.41, 5.74) is 8.93. The van der Waals surface area contributed by atoms with Gasteiger partial charge in [-0.1, -0.05) is 42.2 Å². The van der Waals surface area contributed by atoms with Crippen LogP contribution in [-0.4, -0.2) is 145 Å². The SMILES string of the molecule is C.Cn1cc(-c2cc(-c3ccc(N4C5CC6CC4CC(C(=O)Nc4ncccc4Cl)(C6)C5)nc3)c3c(C#N)cnn3c2)cn1.Nc1ncccc1Cl.O=C(Nc1ncccc1Cl)C12CC3CC(C1)N(c1ccc(Br)cn1)C(C3)C2.O=C(O)C12CC3CC(C1)N(c1ccc(Br)cn1)C(C3)C2.[C-]#[N+]c1cnn2cc(C(C=NC)=CN)cc(OS(=O)(=O)C(F)(F)F)c12. The minimum Gasteiger partial charge on any atom is -0.481 e. The number of nitrogens with one attached hydrogen (secondary N) is 2. The van der Waals surface area contributed by atoms with E-state index in [1.54, 1.807) is 70.4 Å². The lowest BCUT2D eigenvalue weighted by molar-refractivity contribution is -0.158. The van der Waals surface area contributed by atoms with Gasteiger partial charge in [0, 0.05) is 161 Å². The maximum atomic E-state index is 13.7. The van der Waals surface area contributed by atoms with E-state index in [0.717, 1.165) is 173 Å². The summed E-state index contributed by atoms with van der Waals surface area (Å²) in [6.45, 7) is 7.03. The van der Waals surface area contributed by atoms with Crippen LogP contribution in [0, 0.1) is 51.9 Å². The summed E-state index contributed by atoms with van der Waals surface area (Å²) in [5.74, 6) is 4.77. The van der Waals surface area contributed by atoms with Crippen LogP contribution < -0.4 is 41.0 Å². The summed E-state index contributed by atoms with van der Waals surface area (Å²) in [6.07, 6.45) is 36.9. The third-order valence-electron chi connectivity index (χ3n) is 25.0. The monoisotopic (exact) mass is 1890 g/mol. The summed E-state index contributed by atoms with van der Waals surface area (Å²) in [5, 5.41) is 39.5. The van der Waals surface area contributed by atoms with Crippen molar-refractivity contribution in [3.63, 3.8) is 0 Å². The number of nitriles is 1. The van der Waals surface area contributed by atoms with Crippen molar-refractivity contribution in [3.8, 4) is 34.1 Å². The second kappa shape index (κ2) is 35.4. The van der Waals surface area contributed by atoms with Gasteiger partial charge in [-0.2, -0.15) is 42.1 Å². The van der Waals surface area contributed by atoms with Crippen LogP contribution in [0.1, 0.15) is 115 Å². The van der Waals surface area contributed by atoms with Crippen LogP contribution in [0.4, 0.5) is 53.8 Å². The lowest BCUT2D eigenvalue weighted by atomic mass is 9.55. The number of nitrogens with zero attached hydrogens (tertiary/aromatic N) is 18. The number of hydrogen-bond donors (Lipinski definition) is 5. The first-order valence-electron chi connectivity index (χ1n) is 39.6. The van der Waals surface area contributed by atoms with Crippen molar-refractivity contribution in [2.45, 2.75) is 145 Å². The van der Waals surface area contributed by atoms with Gasteiger partial charge in [0.05, 0.1) is 67.6 Å². The topological polar surface area (TPSA) is 371 Å². The van der Waals surface area contributed by atoms with Gasteiger partial charge in [0.25, 0.3) is 0 Å². The standard InChI is InChI=1S/C32H28ClN9O.C20H20BrClN4O.C15H17BrN2O2.C13H10F3N5O3S.C5H5ClN2.CH4/c1-40-17-23(16-37-40)21-9-26(29-22(13-34)15-38-41(29)18-21)20-4-5-28(36-14-20)42-24-7-19-8-25(42)12-32(10-19,11-24)31(43)39-30-27(33)3-2-6-35-30;21-13-3-4-17(24-11-13)26-14-6-12-7-15(26)10-20(8-12,9-14)19(27)25-18-16(22)2-1-5-23-18;16-10-1-2-13(17-8-10)18-11-3-9-4-12(18)7-15(5-9,6-11)14(19)20;1-18-5-9(4-17)8-3-11(24-25(22,23)13(14,15)16)12-10(19-2)6-20-21(12)7-8;6-4-2-1-3-8-5(4)7;/h2-6,9,14-19,24-25H,7-8,10-12H2,1H3,(H,35,39,43);1-5,11-12,14-15H,6-10H2,(H,23,25,27);1-2,8-9,11-12H,3-7H2,(H,19,20);3-7H,17H2,1H3;1-3H,(H2,7,8);1H4. The van der Waals surface area contributed by atoms with Gasteiger partial charge in [0.1, 0.15) is 34.9 Å². The van der Waals surface area contributed by atoms with Gasteiger partial charge in [-0.15, -0.1) is 0 Å². The van der Waals surface area contributed by atoms with E-state index in [-0.39, 0.29) is 59.1 Å². The molecule has 124 heavy (non-hydrogen) atoms. The fraction of sp³-hybridized carbons (Fsp3) is 0.360. The number of piperidine rings is 6. The number of carboxylic acid groups (broad SMARTS) is 1. The summed E-state index contributed by atoms with van der Waals surface area (Å²) in [7, 11) is -2.61. The first kappa shape index (κ1) is 87.6. The molecule has 12 aliphatic rings. The highest BCUT2D eigenvalue weighted by Gasteiger charge is 2.61. The molecule has 0 aromatic carbocycles. The lowest BCUT2D eigenvalue weighted by Crippen LogP contribution is -2.64.